The van der Waals surface area contributed by atoms with Crippen molar-refractivity contribution in [1.82, 2.24) is 0 Å². The molecule has 0 fully saturated rings. The van der Waals surface area contributed by atoms with Crippen LogP contribution >= 0.6 is 0 Å². The predicted molar refractivity (Wildman–Crippen MR) is 53.9 cm³/mol. The van der Waals surface area contributed by atoms with Gasteiger partial charge in [-0.2, -0.15) is 8.78 Å². The molecular formula is C11H10F2O4. The Hall–Kier alpha value is -1.98. The summed E-state index contributed by atoms with van der Waals surface area (Å²) in [5.41, 5.74) is -1.49. The Morgan fingerprint density at radius 3 is 2.47 bits per heavy atom. The fourth-order valence-corrected chi connectivity index (χ4v) is 1.28. The summed E-state index contributed by atoms with van der Waals surface area (Å²) in [7, 11) is 0. The van der Waals surface area contributed by atoms with Gasteiger partial charge in [-0.05, 0) is 13.0 Å². The van der Waals surface area contributed by atoms with Crippen molar-refractivity contribution < 1.29 is 28.2 Å². The molecule has 17 heavy (non-hydrogen) atoms. The number of halogens is 2. The van der Waals surface area contributed by atoms with E-state index in [9.17, 15) is 18.4 Å². The van der Waals surface area contributed by atoms with Gasteiger partial charge < -0.3 is 9.84 Å². The smallest absolute Gasteiger partial charge is 0.382 e. The van der Waals surface area contributed by atoms with Crippen molar-refractivity contribution in [1.29, 1.82) is 0 Å². The number of esters is 1. The Morgan fingerprint density at radius 2 is 1.94 bits per heavy atom. The van der Waals surface area contributed by atoms with Gasteiger partial charge >= 0.3 is 17.9 Å². The average Bonchev–Trinajstić information content (AvgIpc) is 2.29. The quantitative estimate of drug-likeness (QED) is 0.823. The van der Waals surface area contributed by atoms with Crippen LogP contribution in [0.4, 0.5) is 8.78 Å². The highest BCUT2D eigenvalue weighted by Gasteiger charge is 2.45. The minimum Gasteiger partial charge on any atom is -0.478 e. The van der Waals surface area contributed by atoms with E-state index >= 15 is 0 Å². The summed E-state index contributed by atoms with van der Waals surface area (Å²) >= 11 is 0. The normalized spacial score (nSPS) is 11.0. The van der Waals surface area contributed by atoms with Gasteiger partial charge in [0.2, 0.25) is 0 Å². The molecule has 92 valence electrons. The monoisotopic (exact) mass is 244 g/mol. The molecule has 4 nitrogen and oxygen atoms in total. The minimum absolute atomic E-state index is 0.205. The standard InChI is InChI=1S/C11H10F2O4/c1-2-17-10(16)11(12,13)8-6-4-3-5-7(8)9(14)15/h3-6H,2H2,1H3,(H,14,15). The molecular weight excluding hydrogens is 234 g/mol. The van der Waals surface area contributed by atoms with Gasteiger partial charge in [0.15, 0.2) is 0 Å². The first-order valence-corrected chi connectivity index (χ1v) is 4.79. The maximum Gasteiger partial charge on any atom is 0.382 e. The number of alkyl halides is 2. The van der Waals surface area contributed by atoms with Gasteiger partial charge in [0, 0.05) is 5.56 Å². The van der Waals surface area contributed by atoms with E-state index in [1.165, 1.54) is 19.1 Å². The van der Waals surface area contributed by atoms with Gasteiger partial charge in [0.1, 0.15) is 0 Å². The number of carbonyl (C=O) groups excluding carboxylic acids is 1. The van der Waals surface area contributed by atoms with Gasteiger partial charge in [0.25, 0.3) is 0 Å². The predicted octanol–water partition coefficient (Wildman–Crippen LogP) is 2.04. The number of hydrogen-bond acceptors (Lipinski definition) is 3. The van der Waals surface area contributed by atoms with Crippen molar-refractivity contribution in [2.45, 2.75) is 12.8 Å². The van der Waals surface area contributed by atoms with Crippen LogP contribution in [0.15, 0.2) is 24.3 Å². The lowest BCUT2D eigenvalue weighted by molar-refractivity contribution is -0.173. The Morgan fingerprint density at radius 1 is 1.35 bits per heavy atom. The number of rotatable bonds is 4. The number of benzene rings is 1. The topological polar surface area (TPSA) is 63.6 Å². The number of carbonyl (C=O) groups is 2. The van der Waals surface area contributed by atoms with Crippen molar-refractivity contribution in [2.75, 3.05) is 6.61 Å². The molecule has 0 aliphatic rings. The molecule has 0 saturated carbocycles. The van der Waals surface area contributed by atoms with Gasteiger partial charge in [0.05, 0.1) is 12.2 Å². The lowest BCUT2D eigenvalue weighted by Crippen LogP contribution is -2.30. The van der Waals surface area contributed by atoms with Gasteiger partial charge in [-0.1, -0.05) is 18.2 Å². The molecule has 0 amide bonds. The van der Waals surface area contributed by atoms with E-state index in [0.29, 0.717) is 0 Å². The van der Waals surface area contributed by atoms with Crippen LogP contribution in [0.1, 0.15) is 22.8 Å². The second-order valence-corrected chi connectivity index (χ2v) is 3.15. The molecule has 0 aliphatic carbocycles. The number of ether oxygens (including phenoxy) is 1. The molecule has 0 aliphatic heterocycles. The summed E-state index contributed by atoms with van der Waals surface area (Å²) in [5, 5.41) is 8.76. The zero-order valence-electron chi connectivity index (χ0n) is 8.94. The van der Waals surface area contributed by atoms with Crippen LogP contribution in [0.25, 0.3) is 0 Å². The summed E-state index contributed by atoms with van der Waals surface area (Å²) < 4.78 is 31.5. The Balaban J connectivity index is 3.23. The van der Waals surface area contributed by atoms with Crippen LogP contribution in [0.3, 0.4) is 0 Å². The van der Waals surface area contributed by atoms with E-state index in [-0.39, 0.29) is 6.61 Å². The number of aromatic carboxylic acids is 1. The van der Waals surface area contributed by atoms with Crippen molar-refractivity contribution in [3.63, 3.8) is 0 Å². The van der Waals surface area contributed by atoms with E-state index in [1.54, 1.807) is 0 Å². The molecule has 0 heterocycles. The first-order valence-electron chi connectivity index (χ1n) is 4.79. The Bertz CT molecular complexity index is 443. The molecule has 0 aromatic heterocycles. The van der Waals surface area contributed by atoms with Gasteiger partial charge in [-0.25, -0.2) is 9.59 Å². The molecule has 0 unspecified atom stereocenters. The van der Waals surface area contributed by atoms with Crippen molar-refractivity contribution in [2.24, 2.45) is 0 Å². The first-order chi connectivity index (χ1) is 7.91. The van der Waals surface area contributed by atoms with Crippen molar-refractivity contribution in [3.8, 4) is 0 Å². The van der Waals surface area contributed by atoms with Gasteiger partial charge in [-0.3, -0.25) is 0 Å². The van der Waals surface area contributed by atoms with Crippen molar-refractivity contribution in [3.05, 3.63) is 35.4 Å². The molecule has 0 radical (unpaired) electrons. The number of hydrogen-bond donors (Lipinski definition) is 1. The first kappa shape index (κ1) is 13.1. The zero-order chi connectivity index (χ0) is 13.1. The Labute approximate surface area is 95.8 Å². The fourth-order valence-electron chi connectivity index (χ4n) is 1.28. The fraction of sp³-hybridized carbons (Fsp3) is 0.273. The minimum atomic E-state index is -3.97. The van der Waals surface area contributed by atoms with E-state index in [1.807, 2.05) is 0 Å². The molecule has 1 rings (SSSR count). The van der Waals surface area contributed by atoms with E-state index < -0.39 is 29.0 Å². The maximum atomic E-state index is 13.6. The molecule has 0 saturated heterocycles. The average molecular weight is 244 g/mol. The molecule has 0 atom stereocenters. The van der Waals surface area contributed by atoms with Crippen LogP contribution in [-0.4, -0.2) is 23.7 Å². The molecule has 6 heteroatoms. The second-order valence-electron chi connectivity index (χ2n) is 3.15. The highest BCUT2D eigenvalue weighted by molar-refractivity contribution is 5.92. The molecule has 0 spiro atoms. The lowest BCUT2D eigenvalue weighted by Gasteiger charge is -2.16. The largest absolute Gasteiger partial charge is 0.478 e. The third kappa shape index (κ3) is 2.58. The molecule has 1 aromatic carbocycles. The van der Waals surface area contributed by atoms with Crippen molar-refractivity contribution >= 4 is 11.9 Å². The van der Waals surface area contributed by atoms with E-state index in [0.717, 1.165) is 12.1 Å². The highest BCUT2D eigenvalue weighted by Crippen LogP contribution is 2.32. The van der Waals surface area contributed by atoms with Crippen LogP contribution in [0, 0.1) is 0 Å². The highest BCUT2D eigenvalue weighted by atomic mass is 19.3. The summed E-state index contributed by atoms with van der Waals surface area (Å²) in [4.78, 5) is 21.8. The van der Waals surface area contributed by atoms with E-state index in [4.69, 9.17) is 5.11 Å². The maximum absolute atomic E-state index is 13.6. The van der Waals surface area contributed by atoms with Crippen LogP contribution < -0.4 is 0 Å². The molecule has 1 aromatic rings. The lowest BCUT2D eigenvalue weighted by atomic mass is 10.0. The molecule has 0 bridgehead atoms. The Kier molecular flexibility index (Phi) is 3.77. The molecule has 1 N–H and O–H groups in total. The number of carboxylic acid groups (broad SMARTS) is 1. The zero-order valence-corrected chi connectivity index (χ0v) is 8.94. The van der Waals surface area contributed by atoms with Gasteiger partial charge in [-0.15, -0.1) is 0 Å². The third-order valence-electron chi connectivity index (χ3n) is 2.03. The van der Waals surface area contributed by atoms with E-state index in [2.05, 4.69) is 4.74 Å². The SMILES string of the molecule is CCOC(=O)C(F)(F)c1ccccc1C(=O)O. The summed E-state index contributed by atoms with van der Waals surface area (Å²) in [6, 6.07) is 4.42. The van der Waals surface area contributed by atoms with Crippen LogP contribution in [0.5, 0.6) is 0 Å². The number of carboxylic acids is 1. The summed E-state index contributed by atoms with van der Waals surface area (Å²) in [6.45, 7) is 1.18. The summed E-state index contributed by atoms with van der Waals surface area (Å²) in [6.07, 6.45) is 0. The van der Waals surface area contributed by atoms with Crippen LogP contribution in [-0.2, 0) is 15.5 Å². The summed E-state index contributed by atoms with van der Waals surface area (Å²) in [5.74, 6) is -7.25. The van der Waals surface area contributed by atoms with Crippen LogP contribution in [0.2, 0.25) is 0 Å². The second kappa shape index (κ2) is 4.90. The third-order valence-corrected chi connectivity index (χ3v) is 2.03.